The Kier molecular flexibility index (Phi) is 6.28. The SMILES string of the molecule is COCCCNC(=O)c1ccc(N2CCN(C(C)=O)CC2)nn1. The smallest absolute Gasteiger partial charge is 0.271 e. The molecule has 2 amide bonds. The van der Waals surface area contributed by atoms with Crippen LogP contribution < -0.4 is 10.2 Å². The zero-order valence-corrected chi connectivity index (χ0v) is 13.6. The predicted molar refractivity (Wildman–Crippen MR) is 85.3 cm³/mol. The van der Waals surface area contributed by atoms with Crippen molar-refractivity contribution in [3.8, 4) is 0 Å². The molecule has 1 aliphatic rings. The van der Waals surface area contributed by atoms with Gasteiger partial charge in [0.05, 0.1) is 0 Å². The van der Waals surface area contributed by atoms with Crippen LogP contribution in [0.15, 0.2) is 12.1 Å². The number of nitrogens with zero attached hydrogens (tertiary/aromatic N) is 4. The number of anilines is 1. The molecule has 0 bridgehead atoms. The third kappa shape index (κ3) is 4.88. The van der Waals surface area contributed by atoms with Gasteiger partial charge in [0.1, 0.15) is 0 Å². The molecule has 0 radical (unpaired) electrons. The number of carbonyl (C=O) groups is 2. The molecule has 1 N–H and O–H groups in total. The lowest BCUT2D eigenvalue weighted by molar-refractivity contribution is -0.129. The maximum Gasteiger partial charge on any atom is 0.271 e. The highest BCUT2D eigenvalue weighted by Crippen LogP contribution is 2.12. The molecule has 2 heterocycles. The Morgan fingerprint density at radius 3 is 2.52 bits per heavy atom. The molecule has 23 heavy (non-hydrogen) atoms. The topological polar surface area (TPSA) is 87.7 Å². The lowest BCUT2D eigenvalue weighted by Gasteiger charge is -2.34. The monoisotopic (exact) mass is 321 g/mol. The molecule has 0 spiro atoms. The molecule has 0 aliphatic carbocycles. The number of aromatic nitrogens is 2. The van der Waals surface area contributed by atoms with E-state index in [0.29, 0.717) is 31.9 Å². The van der Waals surface area contributed by atoms with Gasteiger partial charge in [0.15, 0.2) is 11.5 Å². The van der Waals surface area contributed by atoms with Crippen molar-refractivity contribution >= 4 is 17.6 Å². The summed E-state index contributed by atoms with van der Waals surface area (Å²) in [5.41, 5.74) is 0.300. The first-order chi connectivity index (χ1) is 11.1. The second-order valence-electron chi connectivity index (χ2n) is 5.37. The van der Waals surface area contributed by atoms with E-state index in [9.17, 15) is 9.59 Å². The summed E-state index contributed by atoms with van der Waals surface area (Å²) in [6, 6.07) is 3.46. The highest BCUT2D eigenvalue weighted by molar-refractivity contribution is 5.92. The summed E-state index contributed by atoms with van der Waals surface area (Å²) in [5.74, 6) is 0.585. The fourth-order valence-electron chi connectivity index (χ4n) is 2.37. The molecule has 1 aromatic rings. The van der Waals surface area contributed by atoms with Gasteiger partial charge in [0, 0.05) is 53.4 Å². The van der Waals surface area contributed by atoms with E-state index in [1.165, 1.54) is 0 Å². The van der Waals surface area contributed by atoms with Crippen molar-refractivity contribution in [3.05, 3.63) is 17.8 Å². The third-order valence-electron chi connectivity index (χ3n) is 3.74. The van der Waals surface area contributed by atoms with Crippen LogP contribution in [-0.2, 0) is 9.53 Å². The predicted octanol–water partition coefficient (Wildman–Crippen LogP) is -0.0886. The van der Waals surface area contributed by atoms with E-state index < -0.39 is 0 Å². The summed E-state index contributed by atoms with van der Waals surface area (Å²) in [6.07, 6.45) is 0.758. The third-order valence-corrected chi connectivity index (χ3v) is 3.74. The molecule has 8 heteroatoms. The van der Waals surface area contributed by atoms with Crippen molar-refractivity contribution in [2.24, 2.45) is 0 Å². The lowest BCUT2D eigenvalue weighted by Crippen LogP contribution is -2.48. The van der Waals surface area contributed by atoms with Crippen LogP contribution in [-0.4, -0.2) is 73.4 Å². The number of hydrogen-bond acceptors (Lipinski definition) is 6. The molecule has 0 unspecified atom stereocenters. The van der Waals surface area contributed by atoms with Gasteiger partial charge in [0.2, 0.25) is 5.91 Å². The van der Waals surface area contributed by atoms with Crippen molar-refractivity contribution in [3.63, 3.8) is 0 Å². The summed E-state index contributed by atoms with van der Waals surface area (Å²) >= 11 is 0. The molecule has 0 atom stereocenters. The van der Waals surface area contributed by atoms with Crippen LogP contribution in [0.5, 0.6) is 0 Å². The van der Waals surface area contributed by atoms with Crippen LogP contribution in [0.1, 0.15) is 23.8 Å². The molecular formula is C15H23N5O3. The van der Waals surface area contributed by atoms with Crippen molar-refractivity contribution < 1.29 is 14.3 Å². The number of hydrogen-bond donors (Lipinski definition) is 1. The van der Waals surface area contributed by atoms with Gasteiger partial charge in [-0.1, -0.05) is 0 Å². The van der Waals surface area contributed by atoms with Gasteiger partial charge >= 0.3 is 0 Å². The maximum atomic E-state index is 11.9. The maximum absolute atomic E-state index is 11.9. The van der Waals surface area contributed by atoms with E-state index >= 15 is 0 Å². The second-order valence-corrected chi connectivity index (χ2v) is 5.37. The van der Waals surface area contributed by atoms with E-state index in [1.807, 2.05) is 4.90 Å². The van der Waals surface area contributed by atoms with Crippen LogP contribution >= 0.6 is 0 Å². The number of piperazine rings is 1. The number of methoxy groups -OCH3 is 1. The van der Waals surface area contributed by atoms with E-state index in [0.717, 1.165) is 25.3 Å². The average Bonchev–Trinajstić information content (AvgIpc) is 2.59. The van der Waals surface area contributed by atoms with Gasteiger partial charge in [-0.05, 0) is 18.6 Å². The minimum atomic E-state index is -0.235. The second kappa shape index (κ2) is 8.42. The van der Waals surface area contributed by atoms with Crippen molar-refractivity contribution in [1.29, 1.82) is 0 Å². The van der Waals surface area contributed by atoms with Gasteiger partial charge in [-0.3, -0.25) is 9.59 Å². The first kappa shape index (κ1) is 17.1. The van der Waals surface area contributed by atoms with Crippen LogP contribution in [0.25, 0.3) is 0 Å². The van der Waals surface area contributed by atoms with Crippen LogP contribution in [0.2, 0.25) is 0 Å². The number of ether oxygens (including phenoxy) is 1. The largest absolute Gasteiger partial charge is 0.385 e. The number of rotatable bonds is 6. The van der Waals surface area contributed by atoms with Crippen molar-refractivity contribution in [1.82, 2.24) is 20.4 Å². The summed E-state index contributed by atoms with van der Waals surface area (Å²) in [4.78, 5) is 27.1. The first-order valence-electron chi connectivity index (χ1n) is 7.73. The normalized spacial score (nSPS) is 14.7. The number of amides is 2. The molecule has 1 aliphatic heterocycles. The molecule has 8 nitrogen and oxygen atoms in total. The highest BCUT2D eigenvalue weighted by atomic mass is 16.5. The molecule has 1 aromatic heterocycles. The number of carbonyl (C=O) groups excluding carboxylic acids is 2. The standard InChI is InChI=1S/C15H23N5O3/c1-12(21)19-7-9-20(10-8-19)14-5-4-13(17-18-14)15(22)16-6-3-11-23-2/h4-5H,3,6-11H2,1-2H3,(H,16,22). The van der Waals surface area contributed by atoms with Crippen molar-refractivity contribution in [2.45, 2.75) is 13.3 Å². The van der Waals surface area contributed by atoms with E-state index in [2.05, 4.69) is 20.4 Å². The Balaban J connectivity index is 1.85. The van der Waals surface area contributed by atoms with Gasteiger partial charge in [-0.25, -0.2) is 0 Å². The molecular weight excluding hydrogens is 298 g/mol. The first-order valence-corrected chi connectivity index (χ1v) is 7.73. The Bertz CT molecular complexity index is 526. The Morgan fingerprint density at radius 1 is 1.22 bits per heavy atom. The van der Waals surface area contributed by atoms with Crippen LogP contribution in [0.3, 0.4) is 0 Å². The Labute approximate surface area is 135 Å². The molecule has 0 saturated carbocycles. The van der Waals surface area contributed by atoms with Crippen LogP contribution in [0, 0.1) is 0 Å². The van der Waals surface area contributed by atoms with Gasteiger partial charge in [-0.15, -0.1) is 10.2 Å². The fourth-order valence-corrected chi connectivity index (χ4v) is 2.37. The molecule has 126 valence electrons. The summed E-state index contributed by atoms with van der Waals surface area (Å²) in [7, 11) is 1.63. The molecule has 0 aromatic carbocycles. The Hall–Kier alpha value is -2.22. The molecule has 1 fully saturated rings. The van der Waals surface area contributed by atoms with E-state index in [1.54, 1.807) is 26.2 Å². The molecule has 1 saturated heterocycles. The Morgan fingerprint density at radius 2 is 1.96 bits per heavy atom. The zero-order chi connectivity index (χ0) is 16.7. The van der Waals surface area contributed by atoms with Gasteiger partial charge in [0.25, 0.3) is 5.91 Å². The molecule has 2 rings (SSSR count). The summed E-state index contributed by atoms with van der Waals surface area (Å²) in [5, 5.41) is 10.9. The van der Waals surface area contributed by atoms with E-state index in [-0.39, 0.29) is 11.8 Å². The summed E-state index contributed by atoms with van der Waals surface area (Å²) < 4.78 is 4.93. The zero-order valence-electron chi connectivity index (χ0n) is 13.6. The van der Waals surface area contributed by atoms with Crippen molar-refractivity contribution in [2.75, 3.05) is 51.3 Å². The summed E-state index contributed by atoms with van der Waals surface area (Å²) in [6.45, 7) is 5.53. The van der Waals surface area contributed by atoms with Gasteiger partial charge < -0.3 is 19.9 Å². The number of nitrogens with one attached hydrogen (secondary N) is 1. The lowest BCUT2D eigenvalue weighted by atomic mass is 10.3. The average molecular weight is 321 g/mol. The van der Waals surface area contributed by atoms with E-state index in [4.69, 9.17) is 4.74 Å². The highest BCUT2D eigenvalue weighted by Gasteiger charge is 2.20. The quantitative estimate of drug-likeness (QED) is 0.737. The minimum absolute atomic E-state index is 0.0937. The minimum Gasteiger partial charge on any atom is -0.385 e. The fraction of sp³-hybridized carbons (Fsp3) is 0.600. The van der Waals surface area contributed by atoms with Crippen LogP contribution in [0.4, 0.5) is 5.82 Å². The van der Waals surface area contributed by atoms with Gasteiger partial charge in [-0.2, -0.15) is 0 Å².